The van der Waals surface area contributed by atoms with Gasteiger partial charge in [-0.05, 0) is 74.4 Å². The first-order chi connectivity index (χ1) is 18.5. The minimum atomic E-state index is -0.417. The lowest BCUT2D eigenvalue weighted by molar-refractivity contribution is -0.144. The second-order valence-electron chi connectivity index (χ2n) is 10.8. The molecule has 0 atom stereocenters. The Labute approximate surface area is 225 Å². The van der Waals surface area contributed by atoms with E-state index in [1.54, 1.807) is 10.9 Å². The number of hydrogen-bond donors (Lipinski definition) is 0. The topological polar surface area (TPSA) is 67.7 Å². The number of nitrogens with zero attached hydrogens (tertiary/aromatic N) is 4. The Morgan fingerprint density at radius 3 is 2.58 bits per heavy atom. The molecule has 0 aliphatic carbocycles. The van der Waals surface area contributed by atoms with Crippen molar-refractivity contribution in [3.8, 4) is 11.4 Å². The summed E-state index contributed by atoms with van der Waals surface area (Å²) in [5.74, 6) is 1.14. The van der Waals surface area contributed by atoms with Gasteiger partial charge in [-0.25, -0.2) is 4.68 Å². The molecule has 0 bridgehead atoms. The van der Waals surface area contributed by atoms with E-state index in [4.69, 9.17) is 4.74 Å². The molecule has 1 spiro atoms. The Morgan fingerprint density at radius 2 is 1.79 bits per heavy atom. The Bertz CT molecular complexity index is 1260. The predicted octanol–water partition coefficient (Wildman–Crippen LogP) is 5.06. The van der Waals surface area contributed by atoms with E-state index in [1.807, 2.05) is 66.4 Å². The van der Waals surface area contributed by atoms with Crippen LogP contribution in [0.15, 0.2) is 60.9 Å². The van der Waals surface area contributed by atoms with Crippen LogP contribution in [0.4, 0.5) is 0 Å². The molecule has 1 saturated heterocycles. The molecule has 0 radical (unpaired) electrons. The maximum absolute atomic E-state index is 13.8. The summed E-state index contributed by atoms with van der Waals surface area (Å²) in [6.07, 6.45) is 10.1. The van der Waals surface area contributed by atoms with E-state index >= 15 is 0 Å². The SMILES string of the molecule is Cc1ccc(C(=O)N2CCC3(CCCCCc4ccccc4OCCN(C)C3=O)CC2)cc1-n1cccn1. The number of fused-ring (bicyclic) bond motifs is 1. The first-order valence-corrected chi connectivity index (χ1v) is 13.8. The van der Waals surface area contributed by atoms with Gasteiger partial charge in [-0.2, -0.15) is 5.10 Å². The fourth-order valence-corrected chi connectivity index (χ4v) is 5.90. The molecule has 0 N–H and O–H groups in total. The fourth-order valence-electron chi connectivity index (χ4n) is 5.90. The molecule has 7 nitrogen and oxygen atoms in total. The molecule has 3 aromatic rings. The summed E-state index contributed by atoms with van der Waals surface area (Å²) in [4.78, 5) is 31.0. The van der Waals surface area contributed by atoms with Gasteiger partial charge in [-0.1, -0.05) is 37.1 Å². The average molecular weight is 515 g/mol. The Hall–Kier alpha value is -3.61. The number of benzene rings is 2. The summed E-state index contributed by atoms with van der Waals surface area (Å²) in [5.41, 5.74) is 3.46. The molecule has 2 aromatic carbocycles. The molecule has 200 valence electrons. The summed E-state index contributed by atoms with van der Waals surface area (Å²) in [5, 5.41) is 4.33. The third kappa shape index (κ3) is 5.47. The average Bonchev–Trinajstić information content (AvgIpc) is 3.48. The number of piperidine rings is 1. The van der Waals surface area contributed by atoms with Gasteiger partial charge in [0.25, 0.3) is 5.91 Å². The quantitative estimate of drug-likeness (QED) is 0.480. The first-order valence-electron chi connectivity index (χ1n) is 13.8. The molecule has 5 rings (SSSR count). The highest BCUT2D eigenvalue weighted by Crippen LogP contribution is 2.39. The van der Waals surface area contributed by atoms with Crippen LogP contribution in [0.1, 0.15) is 60.0 Å². The van der Waals surface area contributed by atoms with Crippen molar-refractivity contribution in [1.82, 2.24) is 19.6 Å². The summed E-state index contributed by atoms with van der Waals surface area (Å²) >= 11 is 0. The Morgan fingerprint density at radius 1 is 0.974 bits per heavy atom. The van der Waals surface area contributed by atoms with Gasteiger partial charge < -0.3 is 14.5 Å². The normalized spacial score (nSPS) is 18.6. The number of aryl methyl sites for hydroxylation is 2. The maximum atomic E-state index is 13.8. The zero-order chi connectivity index (χ0) is 26.5. The highest BCUT2D eigenvalue weighted by atomic mass is 16.5. The van der Waals surface area contributed by atoms with Gasteiger partial charge in [0, 0.05) is 38.1 Å². The second kappa shape index (κ2) is 11.4. The van der Waals surface area contributed by atoms with E-state index in [1.165, 1.54) is 5.56 Å². The highest BCUT2D eigenvalue weighted by molar-refractivity contribution is 5.95. The maximum Gasteiger partial charge on any atom is 0.253 e. The highest BCUT2D eigenvalue weighted by Gasteiger charge is 2.43. The minimum absolute atomic E-state index is 0.0184. The Balaban J connectivity index is 1.27. The lowest BCUT2D eigenvalue weighted by Crippen LogP contribution is -2.51. The van der Waals surface area contributed by atoms with Gasteiger partial charge in [-0.15, -0.1) is 0 Å². The number of carbonyl (C=O) groups is 2. The number of hydrogen-bond acceptors (Lipinski definition) is 4. The molecule has 2 aliphatic rings. The summed E-state index contributed by atoms with van der Waals surface area (Å²) in [6.45, 7) is 4.23. The van der Waals surface area contributed by atoms with Gasteiger partial charge in [0.05, 0.1) is 17.6 Å². The number of likely N-dealkylation sites (N-methyl/N-ethyl adjacent to an activating group) is 1. The van der Waals surface area contributed by atoms with Crippen LogP contribution in [-0.2, 0) is 11.2 Å². The van der Waals surface area contributed by atoms with Crippen molar-refractivity contribution in [2.45, 2.75) is 51.9 Å². The number of ether oxygens (including phenoxy) is 1. The molecule has 38 heavy (non-hydrogen) atoms. The van der Waals surface area contributed by atoms with Crippen molar-refractivity contribution in [3.05, 3.63) is 77.6 Å². The molecular weight excluding hydrogens is 476 g/mol. The lowest BCUT2D eigenvalue weighted by Gasteiger charge is -2.42. The van der Waals surface area contributed by atoms with Crippen molar-refractivity contribution in [3.63, 3.8) is 0 Å². The van der Waals surface area contributed by atoms with E-state index in [2.05, 4.69) is 17.2 Å². The van der Waals surface area contributed by atoms with Gasteiger partial charge in [0.1, 0.15) is 12.4 Å². The molecule has 0 saturated carbocycles. The van der Waals surface area contributed by atoms with Crippen LogP contribution < -0.4 is 4.74 Å². The fraction of sp³-hybridized carbons (Fsp3) is 0.452. The van der Waals surface area contributed by atoms with Crippen LogP contribution >= 0.6 is 0 Å². The number of likely N-dealkylation sites (tertiary alicyclic amines) is 1. The van der Waals surface area contributed by atoms with Crippen LogP contribution in [0.3, 0.4) is 0 Å². The number of aromatic nitrogens is 2. The van der Waals surface area contributed by atoms with Crippen molar-refractivity contribution in [2.24, 2.45) is 5.41 Å². The molecule has 3 heterocycles. The minimum Gasteiger partial charge on any atom is -0.491 e. The number of carbonyl (C=O) groups excluding carboxylic acids is 2. The molecule has 0 unspecified atom stereocenters. The van der Waals surface area contributed by atoms with Crippen molar-refractivity contribution in [2.75, 3.05) is 33.3 Å². The Kier molecular flexibility index (Phi) is 7.82. The lowest BCUT2D eigenvalue weighted by atomic mass is 9.73. The molecule has 1 fully saturated rings. The molecule has 2 amide bonds. The third-order valence-electron chi connectivity index (χ3n) is 8.27. The van der Waals surface area contributed by atoms with Gasteiger partial charge in [0.2, 0.25) is 5.91 Å². The zero-order valence-electron chi connectivity index (χ0n) is 22.6. The largest absolute Gasteiger partial charge is 0.491 e. The predicted molar refractivity (Wildman–Crippen MR) is 148 cm³/mol. The molecular formula is C31H38N4O3. The van der Waals surface area contributed by atoms with Crippen LogP contribution in [0, 0.1) is 12.3 Å². The molecule has 2 aliphatic heterocycles. The van der Waals surface area contributed by atoms with Crippen LogP contribution in [-0.4, -0.2) is 64.7 Å². The van der Waals surface area contributed by atoms with Crippen LogP contribution in [0.5, 0.6) is 5.75 Å². The molecule has 1 aromatic heterocycles. The van der Waals surface area contributed by atoms with E-state index in [-0.39, 0.29) is 11.8 Å². The van der Waals surface area contributed by atoms with Crippen molar-refractivity contribution in [1.29, 1.82) is 0 Å². The van der Waals surface area contributed by atoms with E-state index in [9.17, 15) is 9.59 Å². The molecule has 7 heteroatoms. The third-order valence-corrected chi connectivity index (χ3v) is 8.27. The van der Waals surface area contributed by atoms with Crippen molar-refractivity contribution < 1.29 is 14.3 Å². The second-order valence-corrected chi connectivity index (χ2v) is 10.8. The van der Waals surface area contributed by atoms with Gasteiger partial charge >= 0.3 is 0 Å². The summed E-state index contributed by atoms with van der Waals surface area (Å²) in [7, 11) is 1.89. The standard InChI is InChI=1S/C31H38N4O3/c1-24-12-13-26(23-27(24)35-18-8-17-32-35)29(36)34-19-15-31(16-20-34)14-7-3-4-9-25-10-5-6-11-28(25)38-22-21-33(2)30(31)37/h5-6,8,10-13,17-18,23H,3-4,7,9,14-16,19-22H2,1-2H3. The van der Waals surface area contributed by atoms with Gasteiger partial charge in [0.15, 0.2) is 0 Å². The van der Waals surface area contributed by atoms with E-state index in [0.717, 1.165) is 49.1 Å². The van der Waals surface area contributed by atoms with Crippen molar-refractivity contribution >= 4 is 11.8 Å². The van der Waals surface area contributed by atoms with Crippen LogP contribution in [0.2, 0.25) is 0 Å². The first kappa shape index (κ1) is 26.0. The number of para-hydroxylation sites is 1. The van der Waals surface area contributed by atoms with Crippen LogP contribution in [0.25, 0.3) is 5.69 Å². The summed E-state index contributed by atoms with van der Waals surface area (Å²) < 4.78 is 7.88. The van der Waals surface area contributed by atoms with Gasteiger partial charge in [-0.3, -0.25) is 9.59 Å². The zero-order valence-corrected chi connectivity index (χ0v) is 22.6. The summed E-state index contributed by atoms with van der Waals surface area (Å²) in [6, 6.07) is 15.9. The monoisotopic (exact) mass is 514 g/mol. The van der Waals surface area contributed by atoms with E-state index in [0.29, 0.717) is 44.6 Å². The smallest absolute Gasteiger partial charge is 0.253 e. The number of rotatable bonds is 2. The number of amides is 2. The van der Waals surface area contributed by atoms with E-state index < -0.39 is 5.41 Å².